The van der Waals surface area contributed by atoms with E-state index in [9.17, 15) is 8.42 Å². The van der Waals surface area contributed by atoms with Crippen LogP contribution in [0.2, 0.25) is 0 Å². The number of aryl methyl sites for hydroxylation is 2. The second-order valence-corrected chi connectivity index (χ2v) is 6.75. The standard InChI is InChI=1S/C13H19NO2S/c1-12-4-6-13(7-5-12)8-11-17(15,16)14-9-2-3-10-14/h4-7H,2-3,8-11H2,1H3. The van der Waals surface area contributed by atoms with E-state index in [4.69, 9.17) is 0 Å². The van der Waals surface area contributed by atoms with E-state index in [-0.39, 0.29) is 5.75 Å². The largest absolute Gasteiger partial charge is 0.214 e. The molecule has 0 unspecified atom stereocenters. The fraction of sp³-hybridized carbons (Fsp3) is 0.538. The van der Waals surface area contributed by atoms with Gasteiger partial charge in [0.15, 0.2) is 0 Å². The first-order valence-electron chi connectivity index (χ1n) is 6.11. The van der Waals surface area contributed by atoms with Crippen molar-refractivity contribution < 1.29 is 8.42 Å². The third-order valence-corrected chi connectivity index (χ3v) is 5.10. The predicted octanol–water partition coefficient (Wildman–Crippen LogP) is 1.96. The SMILES string of the molecule is Cc1ccc(CCS(=O)(=O)N2CCCC2)cc1. The molecule has 0 amide bonds. The van der Waals surface area contributed by atoms with Crippen molar-refractivity contribution in [1.82, 2.24) is 4.31 Å². The van der Waals surface area contributed by atoms with Crippen LogP contribution in [0.3, 0.4) is 0 Å². The number of benzene rings is 1. The molecule has 0 spiro atoms. The van der Waals surface area contributed by atoms with Gasteiger partial charge in [-0.3, -0.25) is 0 Å². The molecule has 1 aliphatic rings. The van der Waals surface area contributed by atoms with E-state index in [2.05, 4.69) is 0 Å². The zero-order valence-electron chi connectivity index (χ0n) is 10.2. The summed E-state index contributed by atoms with van der Waals surface area (Å²) in [4.78, 5) is 0. The van der Waals surface area contributed by atoms with Gasteiger partial charge in [0.05, 0.1) is 5.75 Å². The van der Waals surface area contributed by atoms with Crippen LogP contribution in [0.5, 0.6) is 0 Å². The molecule has 94 valence electrons. The molecule has 0 saturated carbocycles. The molecule has 0 atom stereocenters. The molecular formula is C13H19NO2S. The second-order valence-electron chi connectivity index (χ2n) is 4.66. The van der Waals surface area contributed by atoms with Crippen LogP contribution in [0.1, 0.15) is 24.0 Å². The summed E-state index contributed by atoms with van der Waals surface area (Å²) in [5, 5.41) is 0. The Morgan fingerprint density at radius 2 is 1.71 bits per heavy atom. The Morgan fingerprint density at radius 3 is 2.29 bits per heavy atom. The summed E-state index contributed by atoms with van der Waals surface area (Å²) in [6.07, 6.45) is 2.62. The minimum absolute atomic E-state index is 0.232. The van der Waals surface area contributed by atoms with Crippen molar-refractivity contribution in [3.8, 4) is 0 Å². The summed E-state index contributed by atoms with van der Waals surface area (Å²) < 4.78 is 25.6. The topological polar surface area (TPSA) is 37.4 Å². The van der Waals surface area contributed by atoms with Gasteiger partial charge in [-0.2, -0.15) is 0 Å². The van der Waals surface area contributed by atoms with Crippen molar-refractivity contribution in [3.05, 3.63) is 35.4 Å². The highest BCUT2D eigenvalue weighted by molar-refractivity contribution is 7.89. The van der Waals surface area contributed by atoms with Gasteiger partial charge < -0.3 is 0 Å². The lowest BCUT2D eigenvalue weighted by Crippen LogP contribution is -2.30. The van der Waals surface area contributed by atoms with Crippen LogP contribution in [0.4, 0.5) is 0 Å². The van der Waals surface area contributed by atoms with Crippen LogP contribution < -0.4 is 0 Å². The first kappa shape index (κ1) is 12.6. The Bertz CT molecular complexity index is 459. The Morgan fingerprint density at radius 1 is 1.12 bits per heavy atom. The molecule has 4 heteroatoms. The Kier molecular flexibility index (Phi) is 3.84. The third-order valence-electron chi connectivity index (χ3n) is 3.23. The summed E-state index contributed by atoms with van der Waals surface area (Å²) in [6.45, 7) is 3.44. The molecule has 2 rings (SSSR count). The van der Waals surface area contributed by atoms with Crippen LogP contribution in [0.25, 0.3) is 0 Å². The molecule has 1 heterocycles. The zero-order chi connectivity index (χ0) is 12.3. The number of sulfonamides is 1. The van der Waals surface area contributed by atoms with Gasteiger partial charge in [-0.1, -0.05) is 29.8 Å². The van der Waals surface area contributed by atoms with Crippen LogP contribution in [0, 0.1) is 6.92 Å². The Labute approximate surface area is 104 Å². The van der Waals surface area contributed by atoms with Crippen LogP contribution >= 0.6 is 0 Å². The van der Waals surface area contributed by atoms with Crippen LogP contribution in [-0.4, -0.2) is 31.6 Å². The fourth-order valence-electron chi connectivity index (χ4n) is 2.10. The van der Waals surface area contributed by atoms with Crippen LogP contribution in [0.15, 0.2) is 24.3 Å². The normalized spacial score (nSPS) is 17.5. The van der Waals surface area contributed by atoms with Gasteiger partial charge in [0.25, 0.3) is 0 Å². The molecule has 17 heavy (non-hydrogen) atoms. The smallest absolute Gasteiger partial charge is 0.212 e. The van der Waals surface area contributed by atoms with E-state index in [1.807, 2.05) is 31.2 Å². The number of hydrogen-bond acceptors (Lipinski definition) is 2. The molecule has 1 fully saturated rings. The second kappa shape index (κ2) is 5.19. The van der Waals surface area contributed by atoms with Gasteiger partial charge in [-0.25, -0.2) is 12.7 Å². The van der Waals surface area contributed by atoms with Crippen molar-refractivity contribution >= 4 is 10.0 Å². The molecule has 0 radical (unpaired) electrons. The Balaban J connectivity index is 1.95. The number of nitrogens with zero attached hydrogens (tertiary/aromatic N) is 1. The summed E-state index contributed by atoms with van der Waals surface area (Å²) in [5.74, 6) is 0.232. The monoisotopic (exact) mass is 253 g/mol. The minimum Gasteiger partial charge on any atom is -0.212 e. The molecule has 1 aromatic rings. The maximum absolute atomic E-state index is 12.0. The average molecular weight is 253 g/mol. The molecule has 0 aliphatic carbocycles. The lowest BCUT2D eigenvalue weighted by Gasteiger charge is -2.15. The highest BCUT2D eigenvalue weighted by Gasteiger charge is 2.24. The minimum atomic E-state index is -3.03. The van der Waals surface area contributed by atoms with Gasteiger partial charge in [-0.15, -0.1) is 0 Å². The van der Waals surface area contributed by atoms with Gasteiger partial charge in [0.1, 0.15) is 0 Å². The van der Waals surface area contributed by atoms with Crippen molar-refractivity contribution in [3.63, 3.8) is 0 Å². The summed E-state index contributed by atoms with van der Waals surface area (Å²) >= 11 is 0. The summed E-state index contributed by atoms with van der Waals surface area (Å²) in [5.41, 5.74) is 2.30. The molecule has 0 aromatic heterocycles. The molecule has 1 aromatic carbocycles. The van der Waals surface area contributed by atoms with E-state index in [0.717, 1.165) is 18.4 Å². The lowest BCUT2D eigenvalue weighted by atomic mass is 10.1. The third kappa shape index (κ3) is 3.30. The maximum atomic E-state index is 12.0. The quantitative estimate of drug-likeness (QED) is 0.822. The molecule has 0 bridgehead atoms. The lowest BCUT2D eigenvalue weighted by molar-refractivity contribution is 0.477. The van der Waals surface area contributed by atoms with Crippen molar-refractivity contribution in [2.45, 2.75) is 26.2 Å². The van der Waals surface area contributed by atoms with Crippen molar-refractivity contribution in [1.29, 1.82) is 0 Å². The van der Waals surface area contributed by atoms with Gasteiger partial charge in [-0.05, 0) is 31.7 Å². The molecule has 1 aliphatic heterocycles. The van der Waals surface area contributed by atoms with Crippen molar-refractivity contribution in [2.75, 3.05) is 18.8 Å². The molecule has 1 saturated heterocycles. The molecule has 3 nitrogen and oxygen atoms in total. The maximum Gasteiger partial charge on any atom is 0.214 e. The van der Waals surface area contributed by atoms with E-state index in [1.54, 1.807) is 4.31 Å². The van der Waals surface area contributed by atoms with E-state index >= 15 is 0 Å². The van der Waals surface area contributed by atoms with Gasteiger partial charge >= 0.3 is 0 Å². The molecular weight excluding hydrogens is 234 g/mol. The first-order valence-corrected chi connectivity index (χ1v) is 7.72. The van der Waals surface area contributed by atoms with Gasteiger partial charge in [0, 0.05) is 13.1 Å². The highest BCUT2D eigenvalue weighted by atomic mass is 32.2. The highest BCUT2D eigenvalue weighted by Crippen LogP contribution is 2.14. The molecule has 0 N–H and O–H groups in total. The Hall–Kier alpha value is -0.870. The van der Waals surface area contributed by atoms with E-state index < -0.39 is 10.0 Å². The van der Waals surface area contributed by atoms with Crippen molar-refractivity contribution in [2.24, 2.45) is 0 Å². The van der Waals surface area contributed by atoms with E-state index in [0.29, 0.717) is 19.5 Å². The van der Waals surface area contributed by atoms with E-state index in [1.165, 1.54) is 5.56 Å². The van der Waals surface area contributed by atoms with Gasteiger partial charge in [0.2, 0.25) is 10.0 Å². The van der Waals surface area contributed by atoms with Crippen LogP contribution in [-0.2, 0) is 16.4 Å². The summed E-state index contributed by atoms with van der Waals surface area (Å²) in [6, 6.07) is 8.07. The zero-order valence-corrected chi connectivity index (χ0v) is 11.0. The first-order chi connectivity index (χ1) is 8.08. The number of rotatable bonds is 4. The summed E-state index contributed by atoms with van der Waals surface area (Å²) in [7, 11) is -3.03. The average Bonchev–Trinajstić information content (AvgIpc) is 2.82. The fourth-order valence-corrected chi connectivity index (χ4v) is 3.66. The number of hydrogen-bond donors (Lipinski definition) is 0. The predicted molar refractivity (Wildman–Crippen MR) is 69.5 cm³/mol.